The van der Waals surface area contributed by atoms with Gasteiger partial charge in [-0.1, -0.05) is 36.4 Å². The standard InChI is InChI=1S/C23H17FN2O3/c1-29-23(28)15-10-12-17(13-11-15)26-14-16-6-2-3-7-18(16)21(26)25-22(27)19-8-4-5-9-20(19)24/h2-13H,14H2,1H3. The van der Waals surface area contributed by atoms with E-state index in [0.29, 0.717) is 17.9 Å². The van der Waals surface area contributed by atoms with Crippen LogP contribution in [0.15, 0.2) is 77.8 Å². The maximum absolute atomic E-state index is 14.0. The zero-order chi connectivity index (χ0) is 20.4. The fraction of sp³-hybridized carbons (Fsp3) is 0.0870. The summed E-state index contributed by atoms with van der Waals surface area (Å²) in [5.41, 5.74) is 2.92. The minimum atomic E-state index is -0.647. The molecule has 0 radical (unpaired) electrons. The number of halogens is 1. The van der Waals surface area contributed by atoms with Gasteiger partial charge in [-0.15, -0.1) is 0 Å². The monoisotopic (exact) mass is 388 g/mol. The summed E-state index contributed by atoms with van der Waals surface area (Å²) < 4.78 is 18.8. The molecule has 3 aromatic rings. The van der Waals surface area contributed by atoms with E-state index in [1.165, 1.54) is 25.3 Å². The number of hydrogen-bond acceptors (Lipinski definition) is 3. The highest BCUT2D eigenvalue weighted by molar-refractivity contribution is 6.18. The number of ether oxygens (including phenoxy) is 1. The molecule has 29 heavy (non-hydrogen) atoms. The molecule has 6 heteroatoms. The van der Waals surface area contributed by atoms with Gasteiger partial charge in [0.1, 0.15) is 11.7 Å². The van der Waals surface area contributed by atoms with E-state index in [2.05, 4.69) is 4.99 Å². The average molecular weight is 388 g/mol. The number of nitrogens with zero attached hydrogens (tertiary/aromatic N) is 2. The molecule has 0 N–H and O–H groups in total. The van der Waals surface area contributed by atoms with E-state index in [1.54, 1.807) is 30.3 Å². The summed E-state index contributed by atoms with van der Waals surface area (Å²) in [4.78, 5) is 30.5. The van der Waals surface area contributed by atoms with Gasteiger partial charge in [0.2, 0.25) is 0 Å². The van der Waals surface area contributed by atoms with Crippen molar-refractivity contribution in [3.63, 3.8) is 0 Å². The van der Waals surface area contributed by atoms with Crippen molar-refractivity contribution in [1.82, 2.24) is 0 Å². The molecule has 1 aliphatic heterocycles. The second-order valence-electron chi connectivity index (χ2n) is 6.50. The number of anilines is 1. The molecule has 0 bridgehead atoms. The minimum absolute atomic E-state index is 0.0784. The number of carbonyl (C=O) groups excluding carboxylic acids is 2. The lowest BCUT2D eigenvalue weighted by molar-refractivity contribution is 0.0600. The Bertz CT molecular complexity index is 1120. The maximum Gasteiger partial charge on any atom is 0.337 e. The summed E-state index contributed by atoms with van der Waals surface area (Å²) in [7, 11) is 1.33. The number of rotatable bonds is 3. The van der Waals surface area contributed by atoms with Crippen LogP contribution in [-0.4, -0.2) is 24.8 Å². The Balaban J connectivity index is 1.75. The van der Waals surface area contributed by atoms with E-state index in [-0.39, 0.29) is 5.56 Å². The van der Waals surface area contributed by atoms with Crippen molar-refractivity contribution in [3.8, 4) is 0 Å². The quantitative estimate of drug-likeness (QED) is 0.631. The molecule has 0 aliphatic carbocycles. The predicted molar refractivity (Wildman–Crippen MR) is 108 cm³/mol. The minimum Gasteiger partial charge on any atom is -0.465 e. The molecule has 0 unspecified atom stereocenters. The van der Waals surface area contributed by atoms with E-state index in [4.69, 9.17) is 4.74 Å². The molecule has 0 saturated carbocycles. The molecule has 3 aromatic carbocycles. The van der Waals surface area contributed by atoms with Crippen LogP contribution in [-0.2, 0) is 11.3 Å². The Morgan fingerprint density at radius 1 is 0.966 bits per heavy atom. The molecule has 0 saturated heterocycles. The molecule has 1 amide bonds. The van der Waals surface area contributed by atoms with Crippen LogP contribution in [0.25, 0.3) is 0 Å². The first-order chi connectivity index (χ1) is 14.1. The Morgan fingerprint density at radius 3 is 2.38 bits per heavy atom. The second-order valence-corrected chi connectivity index (χ2v) is 6.50. The fourth-order valence-corrected chi connectivity index (χ4v) is 3.29. The van der Waals surface area contributed by atoms with Crippen LogP contribution >= 0.6 is 0 Å². The highest BCUT2D eigenvalue weighted by Crippen LogP contribution is 2.29. The van der Waals surface area contributed by atoms with Crippen LogP contribution in [0.3, 0.4) is 0 Å². The number of amides is 1. The SMILES string of the molecule is COC(=O)c1ccc(N2Cc3ccccc3C2=NC(=O)c2ccccc2F)cc1. The number of benzene rings is 3. The van der Waals surface area contributed by atoms with E-state index >= 15 is 0 Å². The molecule has 0 spiro atoms. The lowest BCUT2D eigenvalue weighted by atomic mass is 10.1. The molecular formula is C23H17FN2O3. The van der Waals surface area contributed by atoms with E-state index in [1.807, 2.05) is 29.2 Å². The average Bonchev–Trinajstić information content (AvgIpc) is 3.12. The lowest BCUT2D eigenvalue weighted by Gasteiger charge is -2.19. The number of esters is 1. The number of aliphatic imine (C=N–C) groups is 1. The first-order valence-corrected chi connectivity index (χ1v) is 9.00. The van der Waals surface area contributed by atoms with E-state index in [0.717, 1.165) is 16.8 Å². The van der Waals surface area contributed by atoms with Crippen LogP contribution in [0, 0.1) is 5.82 Å². The smallest absolute Gasteiger partial charge is 0.337 e. The van der Waals surface area contributed by atoms with Crippen LogP contribution in [0.1, 0.15) is 31.8 Å². The summed E-state index contributed by atoms with van der Waals surface area (Å²) in [6, 6.07) is 20.2. The maximum atomic E-state index is 14.0. The second kappa shape index (κ2) is 7.67. The third-order valence-electron chi connectivity index (χ3n) is 4.75. The Morgan fingerprint density at radius 2 is 1.66 bits per heavy atom. The van der Waals surface area contributed by atoms with Gasteiger partial charge in [0.25, 0.3) is 5.91 Å². The Labute approximate surface area is 167 Å². The van der Waals surface area contributed by atoms with Crippen molar-refractivity contribution in [1.29, 1.82) is 0 Å². The van der Waals surface area contributed by atoms with Crippen molar-refractivity contribution >= 4 is 23.4 Å². The molecule has 1 aliphatic rings. The molecule has 0 fully saturated rings. The van der Waals surface area contributed by atoms with Gasteiger partial charge in [0.05, 0.1) is 24.8 Å². The van der Waals surface area contributed by atoms with Gasteiger partial charge in [-0.3, -0.25) is 4.79 Å². The molecule has 4 rings (SSSR count). The van der Waals surface area contributed by atoms with Crippen molar-refractivity contribution in [2.24, 2.45) is 4.99 Å². The lowest BCUT2D eigenvalue weighted by Crippen LogP contribution is -2.25. The number of fused-ring (bicyclic) bond motifs is 1. The summed E-state index contributed by atoms with van der Waals surface area (Å²) in [6.07, 6.45) is 0. The highest BCUT2D eigenvalue weighted by Gasteiger charge is 2.28. The summed E-state index contributed by atoms with van der Waals surface area (Å²) in [5, 5.41) is 0. The molecule has 144 valence electrons. The van der Waals surface area contributed by atoms with Crippen molar-refractivity contribution in [2.75, 3.05) is 12.0 Å². The molecule has 5 nitrogen and oxygen atoms in total. The third kappa shape index (κ3) is 3.52. The van der Waals surface area contributed by atoms with Crippen LogP contribution in [0.4, 0.5) is 10.1 Å². The van der Waals surface area contributed by atoms with Gasteiger partial charge < -0.3 is 9.64 Å². The van der Waals surface area contributed by atoms with Crippen LogP contribution in [0.2, 0.25) is 0 Å². The molecular weight excluding hydrogens is 371 g/mol. The zero-order valence-electron chi connectivity index (χ0n) is 15.6. The number of carbonyl (C=O) groups is 2. The van der Waals surface area contributed by atoms with Crippen molar-refractivity contribution in [3.05, 3.63) is 101 Å². The van der Waals surface area contributed by atoms with Crippen molar-refractivity contribution in [2.45, 2.75) is 6.54 Å². The molecule has 1 heterocycles. The van der Waals surface area contributed by atoms with E-state index in [9.17, 15) is 14.0 Å². The fourth-order valence-electron chi connectivity index (χ4n) is 3.29. The summed E-state index contributed by atoms with van der Waals surface area (Å²) >= 11 is 0. The first-order valence-electron chi connectivity index (χ1n) is 9.00. The number of hydrogen-bond donors (Lipinski definition) is 0. The number of amidine groups is 1. The molecule has 0 aromatic heterocycles. The third-order valence-corrected chi connectivity index (χ3v) is 4.75. The highest BCUT2D eigenvalue weighted by atomic mass is 19.1. The van der Waals surface area contributed by atoms with Gasteiger partial charge in [-0.25, -0.2) is 9.18 Å². The van der Waals surface area contributed by atoms with Crippen LogP contribution in [0.5, 0.6) is 0 Å². The Hall–Kier alpha value is -3.80. The van der Waals surface area contributed by atoms with Gasteiger partial charge in [0, 0.05) is 11.3 Å². The van der Waals surface area contributed by atoms with E-state index < -0.39 is 17.7 Å². The summed E-state index contributed by atoms with van der Waals surface area (Å²) in [5.74, 6) is -1.24. The van der Waals surface area contributed by atoms with Crippen molar-refractivity contribution < 1.29 is 18.7 Å². The topological polar surface area (TPSA) is 59.0 Å². The predicted octanol–water partition coefficient (Wildman–Crippen LogP) is 4.22. The molecule has 0 atom stereocenters. The van der Waals surface area contributed by atoms with Gasteiger partial charge in [-0.05, 0) is 42.0 Å². The Kier molecular flexibility index (Phi) is 4.91. The van der Waals surface area contributed by atoms with Gasteiger partial charge in [0.15, 0.2) is 0 Å². The van der Waals surface area contributed by atoms with Crippen LogP contribution < -0.4 is 4.90 Å². The van der Waals surface area contributed by atoms with Gasteiger partial charge >= 0.3 is 5.97 Å². The number of methoxy groups -OCH3 is 1. The van der Waals surface area contributed by atoms with Gasteiger partial charge in [-0.2, -0.15) is 4.99 Å². The first kappa shape index (κ1) is 18.6. The zero-order valence-corrected chi connectivity index (χ0v) is 15.6. The largest absolute Gasteiger partial charge is 0.465 e. The normalized spacial score (nSPS) is 14.0. The summed E-state index contributed by atoms with van der Waals surface area (Å²) in [6.45, 7) is 0.511.